The van der Waals surface area contributed by atoms with Gasteiger partial charge in [-0.1, -0.05) is 38.5 Å². The maximum absolute atomic E-state index is 12.4. The van der Waals surface area contributed by atoms with Crippen molar-refractivity contribution in [2.24, 2.45) is 5.92 Å². The van der Waals surface area contributed by atoms with E-state index < -0.39 is 11.5 Å². The molecule has 1 amide bonds. The number of rotatable bonds is 4. The number of carbonyl (C=O) groups is 2. The van der Waals surface area contributed by atoms with Crippen molar-refractivity contribution in [2.75, 3.05) is 0 Å². The highest BCUT2D eigenvalue weighted by Gasteiger charge is 2.38. The van der Waals surface area contributed by atoms with E-state index in [4.69, 9.17) is 5.11 Å². The largest absolute Gasteiger partial charge is 0.481 e. The van der Waals surface area contributed by atoms with Crippen molar-refractivity contribution in [3.8, 4) is 0 Å². The molecule has 108 valence electrons. The third-order valence-corrected chi connectivity index (χ3v) is 4.66. The third kappa shape index (κ3) is 3.95. The Kier molecular flexibility index (Phi) is 4.83. The maximum atomic E-state index is 12.4. The molecule has 0 saturated heterocycles. The summed E-state index contributed by atoms with van der Waals surface area (Å²) in [5, 5.41) is 12.2. The van der Waals surface area contributed by atoms with Crippen LogP contribution in [0.3, 0.4) is 0 Å². The molecule has 0 aromatic rings. The van der Waals surface area contributed by atoms with Crippen molar-refractivity contribution < 1.29 is 14.7 Å². The average molecular weight is 267 g/mol. The van der Waals surface area contributed by atoms with Crippen LogP contribution < -0.4 is 5.32 Å². The number of nitrogens with one attached hydrogen (secondary N) is 1. The summed E-state index contributed by atoms with van der Waals surface area (Å²) in [5.41, 5.74) is -0.463. The van der Waals surface area contributed by atoms with Crippen molar-refractivity contribution in [3.63, 3.8) is 0 Å². The van der Waals surface area contributed by atoms with Crippen LogP contribution >= 0.6 is 0 Å². The molecule has 2 saturated carbocycles. The zero-order valence-electron chi connectivity index (χ0n) is 11.6. The predicted molar refractivity (Wildman–Crippen MR) is 72.8 cm³/mol. The van der Waals surface area contributed by atoms with Crippen molar-refractivity contribution in [3.05, 3.63) is 0 Å². The predicted octanol–water partition coefficient (Wildman–Crippen LogP) is 2.86. The molecule has 2 aliphatic rings. The lowest BCUT2D eigenvalue weighted by molar-refractivity contribution is -0.139. The number of amides is 1. The van der Waals surface area contributed by atoms with Crippen LogP contribution in [-0.4, -0.2) is 22.5 Å². The first-order valence-corrected chi connectivity index (χ1v) is 7.65. The average Bonchev–Trinajstić information content (AvgIpc) is 2.65. The lowest BCUT2D eigenvalue weighted by atomic mass is 9.90. The number of hydrogen-bond acceptors (Lipinski definition) is 2. The molecule has 19 heavy (non-hydrogen) atoms. The van der Waals surface area contributed by atoms with Gasteiger partial charge in [0.25, 0.3) is 0 Å². The van der Waals surface area contributed by atoms with E-state index in [1.54, 1.807) is 0 Å². The van der Waals surface area contributed by atoms with E-state index >= 15 is 0 Å². The Morgan fingerprint density at radius 2 is 1.58 bits per heavy atom. The molecule has 0 bridgehead atoms. The van der Waals surface area contributed by atoms with E-state index in [9.17, 15) is 9.59 Å². The molecule has 0 atom stereocenters. The summed E-state index contributed by atoms with van der Waals surface area (Å²) in [7, 11) is 0. The van der Waals surface area contributed by atoms with Crippen LogP contribution in [0.2, 0.25) is 0 Å². The van der Waals surface area contributed by atoms with Gasteiger partial charge < -0.3 is 10.4 Å². The van der Waals surface area contributed by atoms with E-state index in [0.29, 0.717) is 0 Å². The zero-order valence-corrected chi connectivity index (χ0v) is 11.6. The fourth-order valence-corrected chi connectivity index (χ4v) is 3.59. The number of carboxylic acid groups (broad SMARTS) is 1. The highest BCUT2D eigenvalue weighted by molar-refractivity contribution is 5.80. The fourth-order valence-electron chi connectivity index (χ4n) is 3.59. The number of carbonyl (C=O) groups excluding carboxylic acids is 1. The van der Waals surface area contributed by atoms with Crippen molar-refractivity contribution in [1.29, 1.82) is 0 Å². The number of hydrogen-bond donors (Lipinski definition) is 2. The Morgan fingerprint density at radius 3 is 2.11 bits per heavy atom. The van der Waals surface area contributed by atoms with Gasteiger partial charge in [0.15, 0.2) is 0 Å². The Labute approximate surface area is 115 Å². The van der Waals surface area contributed by atoms with Crippen LogP contribution in [0.25, 0.3) is 0 Å². The summed E-state index contributed by atoms with van der Waals surface area (Å²) in [6.07, 6.45) is 10.4. The van der Waals surface area contributed by atoms with E-state index in [0.717, 1.165) is 51.4 Å². The van der Waals surface area contributed by atoms with Gasteiger partial charge in [0.05, 0.1) is 12.0 Å². The highest BCUT2D eigenvalue weighted by atomic mass is 16.4. The molecule has 2 aliphatic carbocycles. The molecule has 4 heteroatoms. The van der Waals surface area contributed by atoms with Gasteiger partial charge in [0.2, 0.25) is 5.91 Å². The van der Waals surface area contributed by atoms with Gasteiger partial charge in [-0.2, -0.15) is 0 Å². The summed E-state index contributed by atoms with van der Waals surface area (Å²) in [5.74, 6) is -0.595. The van der Waals surface area contributed by atoms with Gasteiger partial charge in [0.1, 0.15) is 0 Å². The molecule has 0 aliphatic heterocycles. The second-order valence-corrected chi connectivity index (χ2v) is 6.24. The fraction of sp³-hybridized carbons (Fsp3) is 0.867. The molecule has 0 heterocycles. The highest BCUT2D eigenvalue weighted by Crippen LogP contribution is 2.34. The lowest BCUT2D eigenvalue weighted by Gasteiger charge is -2.30. The lowest BCUT2D eigenvalue weighted by Crippen LogP contribution is -2.49. The topological polar surface area (TPSA) is 66.4 Å². The Hall–Kier alpha value is -1.06. The first kappa shape index (κ1) is 14.4. The molecule has 0 aromatic carbocycles. The number of carboxylic acids is 1. The molecule has 2 fully saturated rings. The molecule has 0 radical (unpaired) electrons. The van der Waals surface area contributed by atoms with E-state index in [1.807, 2.05) is 0 Å². The van der Waals surface area contributed by atoms with Crippen molar-refractivity contribution in [2.45, 2.75) is 76.2 Å². The van der Waals surface area contributed by atoms with Gasteiger partial charge in [-0.3, -0.25) is 9.59 Å². The van der Waals surface area contributed by atoms with Crippen LogP contribution in [0, 0.1) is 5.92 Å². The van der Waals surface area contributed by atoms with E-state index in [-0.39, 0.29) is 18.2 Å². The van der Waals surface area contributed by atoms with Gasteiger partial charge in [-0.15, -0.1) is 0 Å². The SMILES string of the molecule is O=C(O)CC1(NC(=O)C2CCCCCC2)CCCC1. The van der Waals surface area contributed by atoms with Crippen LogP contribution in [0.1, 0.15) is 70.6 Å². The Balaban J connectivity index is 1.96. The summed E-state index contributed by atoms with van der Waals surface area (Å²) in [4.78, 5) is 23.4. The minimum absolute atomic E-state index is 0.0749. The number of aliphatic carboxylic acids is 1. The van der Waals surface area contributed by atoms with Crippen molar-refractivity contribution >= 4 is 11.9 Å². The molecule has 0 unspecified atom stereocenters. The van der Waals surface area contributed by atoms with E-state index in [1.165, 1.54) is 12.8 Å². The molecule has 0 spiro atoms. The van der Waals surface area contributed by atoms with Crippen LogP contribution in [0.15, 0.2) is 0 Å². The van der Waals surface area contributed by atoms with Crippen LogP contribution in [-0.2, 0) is 9.59 Å². The molecule has 4 nitrogen and oxygen atoms in total. The monoisotopic (exact) mass is 267 g/mol. The molecule has 2 N–H and O–H groups in total. The summed E-state index contributed by atoms with van der Waals surface area (Å²) < 4.78 is 0. The summed E-state index contributed by atoms with van der Waals surface area (Å²) in [6, 6.07) is 0. The molecular weight excluding hydrogens is 242 g/mol. The summed E-state index contributed by atoms with van der Waals surface area (Å²) >= 11 is 0. The third-order valence-electron chi connectivity index (χ3n) is 4.66. The standard InChI is InChI=1S/C15H25NO3/c17-13(18)11-15(9-5-6-10-15)16-14(19)12-7-3-1-2-4-8-12/h12H,1-11H2,(H,16,19)(H,17,18). The van der Waals surface area contributed by atoms with Gasteiger partial charge >= 0.3 is 5.97 Å². The first-order chi connectivity index (χ1) is 9.11. The van der Waals surface area contributed by atoms with Gasteiger partial charge in [-0.05, 0) is 25.7 Å². The molecular formula is C15H25NO3. The van der Waals surface area contributed by atoms with Crippen molar-refractivity contribution in [1.82, 2.24) is 5.32 Å². The summed E-state index contributed by atoms with van der Waals surface area (Å²) in [6.45, 7) is 0. The second-order valence-electron chi connectivity index (χ2n) is 6.24. The Bertz CT molecular complexity index is 326. The molecule has 2 rings (SSSR count). The van der Waals surface area contributed by atoms with Crippen LogP contribution in [0.5, 0.6) is 0 Å². The minimum atomic E-state index is -0.803. The van der Waals surface area contributed by atoms with E-state index in [2.05, 4.69) is 5.32 Å². The minimum Gasteiger partial charge on any atom is -0.481 e. The Morgan fingerprint density at radius 1 is 1.00 bits per heavy atom. The van der Waals surface area contributed by atoms with Crippen LogP contribution in [0.4, 0.5) is 0 Å². The van der Waals surface area contributed by atoms with Gasteiger partial charge in [-0.25, -0.2) is 0 Å². The van der Waals surface area contributed by atoms with Gasteiger partial charge in [0, 0.05) is 5.92 Å². The first-order valence-electron chi connectivity index (χ1n) is 7.65. The molecule has 0 aromatic heterocycles. The quantitative estimate of drug-likeness (QED) is 0.770. The smallest absolute Gasteiger partial charge is 0.305 e. The zero-order chi connectivity index (χ0) is 13.7. The second kappa shape index (κ2) is 6.40. The normalized spacial score (nSPS) is 23.8. The maximum Gasteiger partial charge on any atom is 0.305 e.